The molecule has 2 aromatic rings. The van der Waals surface area contributed by atoms with Crippen LogP contribution in [0.4, 0.5) is 0 Å². The molecule has 3 heterocycles. The minimum atomic E-state index is -1.06. The molecule has 0 amide bonds. The van der Waals surface area contributed by atoms with Crippen LogP contribution in [0.1, 0.15) is 45.7 Å². The van der Waals surface area contributed by atoms with Gasteiger partial charge in [-0.25, -0.2) is 4.89 Å². The minimum absolute atomic E-state index is 0.0858. The Balaban J connectivity index is 1.74. The molecule has 2 aliphatic heterocycles. The predicted molar refractivity (Wildman–Crippen MR) is 102 cm³/mol. The van der Waals surface area contributed by atoms with Gasteiger partial charge in [0.2, 0.25) is 0 Å². The van der Waals surface area contributed by atoms with Crippen LogP contribution in [0, 0.1) is 10.8 Å². The lowest BCUT2D eigenvalue weighted by atomic mass is 9.58. The lowest BCUT2D eigenvalue weighted by molar-refractivity contribution is -0.626. The van der Waals surface area contributed by atoms with Crippen molar-refractivity contribution in [3.05, 3.63) is 70.1 Å². The third-order valence-corrected chi connectivity index (χ3v) is 5.96. The highest BCUT2D eigenvalue weighted by Crippen LogP contribution is 2.68. The molecule has 0 aliphatic carbocycles. The number of benzene rings is 1. The van der Waals surface area contributed by atoms with Gasteiger partial charge in [0.1, 0.15) is 0 Å². The van der Waals surface area contributed by atoms with E-state index in [1.165, 1.54) is 0 Å². The van der Waals surface area contributed by atoms with Crippen LogP contribution in [-0.4, -0.2) is 16.8 Å². The molecule has 0 N–H and O–H groups in total. The van der Waals surface area contributed by atoms with Gasteiger partial charge in [-0.15, -0.1) is 0 Å². The maximum atomic E-state index is 12.8. The highest BCUT2D eigenvalue weighted by molar-refractivity contribution is 5.31. The molecule has 0 radical (unpaired) electrons. The molecule has 144 valence electrons. The standard InChI is InChI=1S/C22H27NO4/c1-19(2,3)22-20(4,5)15-25-21(22,26-27-22)17-11-12-23(18(24)13-17)14-16-9-7-6-8-10-16/h6-13H,14-15H2,1-5H3. The van der Waals surface area contributed by atoms with E-state index in [1.54, 1.807) is 10.6 Å². The zero-order valence-corrected chi connectivity index (χ0v) is 16.6. The number of pyridine rings is 1. The molecule has 2 unspecified atom stereocenters. The van der Waals surface area contributed by atoms with Crippen LogP contribution in [0.2, 0.25) is 0 Å². The van der Waals surface area contributed by atoms with E-state index in [9.17, 15) is 4.79 Å². The van der Waals surface area contributed by atoms with Gasteiger partial charge in [0.15, 0.2) is 5.60 Å². The topological polar surface area (TPSA) is 49.7 Å². The van der Waals surface area contributed by atoms with E-state index in [1.807, 2.05) is 42.6 Å². The molecule has 2 atom stereocenters. The van der Waals surface area contributed by atoms with Crippen LogP contribution in [-0.2, 0) is 26.8 Å². The Kier molecular flexibility index (Phi) is 3.94. The quantitative estimate of drug-likeness (QED) is 0.771. The van der Waals surface area contributed by atoms with Gasteiger partial charge in [0.05, 0.1) is 13.2 Å². The molecule has 5 nitrogen and oxygen atoms in total. The molecule has 5 heteroatoms. The summed E-state index contributed by atoms with van der Waals surface area (Å²) in [5.41, 5.74) is 0.523. The van der Waals surface area contributed by atoms with E-state index in [0.29, 0.717) is 18.7 Å². The van der Waals surface area contributed by atoms with Gasteiger partial charge < -0.3 is 9.30 Å². The summed E-state index contributed by atoms with van der Waals surface area (Å²) in [6, 6.07) is 13.5. The molecule has 27 heavy (non-hydrogen) atoms. The highest BCUT2D eigenvalue weighted by atomic mass is 17.3. The highest BCUT2D eigenvalue weighted by Gasteiger charge is 2.81. The van der Waals surface area contributed by atoms with Gasteiger partial charge >= 0.3 is 0 Å². The van der Waals surface area contributed by atoms with Crippen LogP contribution in [0.5, 0.6) is 0 Å². The maximum Gasteiger partial charge on any atom is 0.261 e. The molecule has 2 aliphatic rings. The van der Waals surface area contributed by atoms with Crippen LogP contribution in [0.25, 0.3) is 0 Å². The molecule has 0 spiro atoms. The van der Waals surface area contributed by atoms with Crippen molar-refractivity contribution < 1.29 is 14.5 Å². The number of fused-ring (bicyclic) bond motifs is 1. The van der Waals surface area contributed by atoms with Gasteiger partial charge in [-0.05, 0) is 11.6 Å². The molecule has 0 saturated carbocycles. The van der Waals surface area contributed by atoms with E-state index < -0.39 is 11.4 Å². The molecular weight excluding hydrogens is 342 g/mol. The van der Waals surface area contributed by atoms with Crippen LogP contribution in [0.3, 0.4) is 0 Å². The number of rotatable bonds is 3. The fraction of sp³-hybridized carbons (Fsp3) is 0.500. The number of aromatic nitrogens is 1. The number of ether oxygens (including phenoxy) is 1. The SMILES string of the molecule is CC(C)(C)C12OOC1(c1ccn(Cc3ccccc3)c(=O)c1)OCC2(C)C. The first kappa shape index (κ1) is 18.4. The Morgan fingerprint density at radius 1 is 1.07 bits per heavy atom. The van der Waals surface area contributed by atoms with Gasteiger partial charge in [0.25, 0.3) is 11.3 Å². The Labute approximate surface area is 159 Å². The summed E-state index contributed by atoms with van der Waals surface area (Å²) < 4.78 is 7.88. The Bertz CT molecular complexity index is 912. The number of nitrogens with zero attached hydrogens (tertiary/aromatic N) is 1. The first-order valence-corrected chi connectivity index (χ1v) is 9.39. The fourth-order valence-corrected chi connectivity index (χ4v) is 4.86. The Morgan fingerprint density at radius 2 is 1.78 bits per heavy atom. The first-order valence-electron chi connectivity index (χ1n) is 9.39. The summed E-state index contributed by atoms with van der Waals surface area (Å²) >= 11 is 0. The third kappa shape index (κ3) is 2.38. The van der Waals surface area contributed by atoms with Gasteiger partial charge in [0, 0.05) is 28.7 Å². The van der Waals surface area contributed by atoms with Gasteiger partial charge in [-0.3, -0.25) is 4.79 Å². The van der Waals surface area contributed by atoms with Crippen molar-refractivity contribution in [2.75, 3.05) is 6.61 Å². The first-order chi connectivity index (χ1) is 12.6. The van der Waals surface area contributed by atoms with Crippen molar-refractivity contribution in [2.45, 2.75) is 52.6 Å². The van der Waals surface area contributed by atoms with Crippen LogP contribution < -0.4 is 5.56 Å². The van der Waals surface area contributed by atoms with Crippen molar-refractivity contribution in [3.8, 4) is 0 Å². The normalized spacial score (nSPS) is 29.2. The smallest absolute Gasteiger partial charge is 0.261 e. The molecular formula is C22H27NO4. The van der Waals surface area contributed by atoms with E-state index in [0.717, 1.165) is 5.56 Å². The Hall–Kier alpha value is -1.95. The summed E-state index contributed by atoms with van der Waals surface area (Å²) in [4.78, 5) is 24.2. The minimum Gasteiger partial charge on any atom is -0.341 e. The summed E-state index contributed by atoms with van der Waals surface area (Å²) in [6.07, 6.45) is 1.81. The lowest BCUT2D eigenvalue weighted by Crippen LogP contribution is -2.73. The van der Waals surface area contributed by atoms with E-state index in [4.69, 9.17) is 14.5 Å². The second-order valence-electron chi connectivity index (χ2n) is 9.25. The van der Waals surface area contributed by atoms with Crippen LogP contribution in [0.15, 0.2) is 53.5 Å². The van der Waals surface area contributed by atoms with Crippen molar-refractivity contribution in [3.63, 3.8) is 0 Å². The molecule has 0 bridgehead atoms. The summed E-state index contributed by atoms with van der Waals surface area (Å²) in [5.74, 6) is -1.06. The van der Waals surface area contributed by atoms with Crippen molar-refractivity contribution >= 4 is 0 Å². The zero-order valence-electron chi connectivity index (χ0n) is 16.6. The van der Waals surface area contributed by atoms with E-state index in [-0.39, 0.29) is 16.4 Å². The largest absolute Gasteiger partial charge is 0.341 e. The maximum absolute atomic E-state index is 12.8. The number of hydrogen-bond acceptors (Lipinski definition) is 4. The average molecular weight is 369 g/mol. The second-order valence-corrected chi connectivity index (χ2v) is 9.25. The molecule has 2 saturated heterocycles. The fourth-order valence-electron chi connectivity index (χ4n) is 4.86. The number of hydrogen-bond donors (Lipinski definition) is 0. The average Bonchev–Trinajstić information content (AvgIpc) is 2.72. The van der Waals surface area contributed by atoms with Gasteiger partial charge in [-0.2, -0.15) is 4.89 Å². The second kappa shape index (κ2) is 5.77. The van der Waals surface area contributed by atoms with E-state index in [2.05, 4.69) is 34.6 Å². The third-order valence-electron chi connectivity index (χ3n) is 5.96. The summed E-state index contributed by atoms with van der Waals surface area (Å²) in [7, 11) is 0. The van der Waals surface area contributed by atoms with Crippen molar-refractivity contribution in [2.24, 2.45) is 10.8 Å². The monoisotopic (exact) mass is 369 g/mol. The van der Waals surface area contributed by atoms with Gasteiger partial charge in [-0.1, -0.05) is 65.0 Å². The summed E-state index contributed by atoms with van der Waals surface area (Å²) in [6.45, 7) is 11.6. The zero-order chi connectivity index (χ0) is 19.5. The van der Waals surface area contributed by atoms with E-state index >= 15 is 0 Å². The summed E-state index contributed by atoms with van der Waals surface area (Å²) in [5, 5.41) is 0. The molecule has 1 aromatic carbocycles. The predicted octanol–water partition coefficient (Wildman–Crippen LogP) is 3.85. The molecule has 1 aromatic heterocycles. The lowest BCUT2D eigenvalue weighted by Gasteiger charge is -2.61. The Morgan fingerprint density at radius 3 is 2.33 bits per heavy atom. The van der Waals surface area contributed by atoms with Crippen molar-refractivity contribution in [1.82, 2.24) is 4.57 Å². The molecule has 2 fully saturated rings. The molecule has 4 rings (SSSR count). The van der Waals surface area contributed by atoms with Crippen molar-refractivity contribution in [1.29, 1.82) is 0 Å². The van der Waals surface area contributed by atoms with Crippen LogP contribution >= 0.6 is 0 Å².